The second-order valence-electron chi connectivity index (χ2n) is 1.77. The quantitative estimate of drug-likeness (QED) is 0.558. The third kappa shape index (κ3) is 25.2. The standard InChI is InChI=1S/C4H10.C2H5O3PS/c1-3-4-2;1-7-2-5-6(3)4/h3-4H2,1-2H3;2H2,1H3/p+1. The van der Waals surface area contributed by atoms with Crippen LogP contribution in [0.15, 0.2) is 0 Å². The molecule has 68 valence electrons. The summed E-state index contributed by atoms with van der Waals surface area (Å²) in [6, 6.07) is 0. The summed E-state index contributed by atoms with van der Waals surface area (Å²) in [7, 11) is -2.38. The van der Waals surface area contributed by atoms with Crippen LogP contribution in [0.5, 0.6) is 0 Å². The minimum Gasteiger partial charge on any atom is -0.133 e. The molecule has 1 unspecified atom stereocenters. The van der Waals surface area contributed by atoms with Crippen molar-refractivity contribution in [1.29, 1.82) is 0 Å². The van der Waals surface area contributed by atoms with Gasteiger partial charge in [-0.25, -0.2) is 0 Å². The van der Waals surface area contributed by atoms with E-state index in [-0.39, 0.29) is 5.94 Å². The van der Waals surface area contributed by atoms with E-state index in [1.54, 1.807) is 6.26 Å². The lowest BCUT2D eigenvalue weighted by atomic mass is 10.4. The van der Waals surface area contributed by atoms with Crippen LogP contribution in [-0.2, 0) is 9.09 Å². The summed E-state index contributed by atoms with van der Waals surface area (Å²) >= 11 is 1.36. The number of hydrogen-bond donors (Lipinski definition) is 1. The molecule has 0 fully saturated rings. The Kier molecular flexibility index (Phi) is 16.5. The van der Waals surface area contributed by atoms with E-state index in [9.17, 15) is 4.57 Å². The highest BCUT2D eigenvalue weighted by Crippen LogP contribution is 2.15. The molecule has 11 heavy (non-hydrogen) atoms. The molecule has 0 aliphatic rings. The van der Waals surface area contributed by atoms with Crippen molar-refractivity contribution in [3.8, 4) is 0 Å². The van der Waals surface area contributed by atoms with Crippen molar-refractivity contribution in [2.24, 2.45) is 0 Å². The number of unbranched alkanes of at least 4 members (excludes halogenated alkanes) is 1. The lowest BCUT2D eigenvalue weighted by molar-refractivity contribution is 0.331. The Morgan fingerprint density at radius 1 is 1.45 bits per heavy atom. The Balaban J connectivity index is 0. The van der Waals surface area contributed by atoms with Gasteiger partial charge in [0.2, 0.25) is 0 Å². The van der Waals surface area contributed by atoms with Gasteiger partial charge in [0.05, 0.1) is 0 Å². The van der Waals surface area contributed by atoms with E-state index in [0.29, 0.717) is 0 Å². The minimum absolute atomic E-state index is 0.283. The van der Waals surface area contributed by atoms with Gasteiger partial charge in [-0.15, -0.1) is 21.2 Å². The lowest BCUT2D eigenvalue weighted by Gasteiger charge is -1.77. The number of thioether (sulfide) groups is 1. The number of rotatable bonds is 4. The largest absolute Gasteiger partial charge is 0.695 e. The summed E-state index contributed by atoms with van der Waals surface area (Å²) in [5.41, 5.74) is 0. The molecule has 0 amide bonds. The predicted octanol–water partition coefficient (Wildman–Crippen LogP) is 2.78. The van der Waals surface area contributed by atoms with E-state index < -0.39 is 8.25 Å². The van der Waals surface area contributed by atoms with Gasteiger partial charge >= 0.3 is 8.25 Å². The fourth-order valence-corrected chi connectivity index (χ4v) is 0.880. The molecule has 0 radical (unpaired) electrons. The molecular formula is C6H16O3PS+. The molecule has 0 aromatic rings. The molecule has 0 rings (SSSR count). The zero-order valence-corrected chi connectivity index (χ0v) is 8.95. The van der Waals surface area contributed by atoms with Crippen molar-refractivity contribution < 1.29 is 14.0 Å². The van der Waals surface area contributed by atoms with Gasteiger partial charge in [0.15, 0.2) is 5.94 Å². The molecule has 0 heterocycles. The molecule has 1 atom stereocenters. The molecule has 3 nitrogen and oxygen atoms in total. The van der Waals surface area contributed by atoms with Gasteiger partial charge < -0.3 is 0 Å². The molecule has 0 aromatic carbocycles. The van der Waals surface area contributed by atoms with Crippen LogP contribution in [0.1, 0.15) is 26.7 Å². The second kappa shape index (κ2) is 13.0. The first kappa shape index (κ1) is 13.9. The normalized spacial score (nSPS) is 10.0. The Morgan fingerprint density at radius 2 is 1.91 bits per heavy atom. The van der Waals surface area contributed by atoms with E-state index >= 15 is 0 Å². The third-order valence-electron chi connectivity index (χ3n) is 0.781. The fraction of sp³-hybridized carbons (Fsp3) is 1.00. The van der Waals surface area contributed by atoms with E-state index in [0.717, 1.165) is 0 Å². The SMILES string of the molecule is CCCC.CSCO[P+](=O)O. The molecule has 0 saturated carbocycles. The monoisotopic (exact) mass is 199 g/mol. The maximum atomic E-state index is 9.67. The molecule has 1 N–H and O–H groups in total. The van der Waals surface area contributed by atoms with Gasteiger partial charge in [-0.1, -0.05) is 26.7 Å². The van der Waals surface area contributed by atoms with Crippen molar-refractivity contribution >= 4 is 20.0 Å². The molecular weight excluding hydrogens is 183 g/mol. The molecule has 0 saturated heterocycles. The van der Waals surface area contributed by atoms with Crippen molar-refractivity contribution in [2.45, 2.75) is 26.7 Å². The Labute approximate surface area is 73.5 Å². The second-order valence-corrected chi connectivity index (χ2v) is 3.32. The Morgan fingerprint density at radius 3 is 2.00 bits per heavy atom. The van der Waals surface area contributed by atoms with Gasteiger partial charge in [-0.3, -0.25) is 0 Å². The van der Waals surface area contributed by atoms with Crippen LogP contribution < -0.4 is 0 Å². The molecule has 5 heteroatoms. The predicted molar refractivity (Wildman–Crippen MR) is 49.9 cm³/mol. The fourth-order valence-electron chi connectivity index (χ4n) is 0.0978. The molecule has 0 spiro atoms. The van der Waals surface area contributed by atoms with Crippen molar-refractivity contribution in [1.82, 2.24) is 0 Å². The smallest absolute Gasteiger partial charge is 0.133 e. The molecule has 0 aliphatic carbocycles. The van der Waals surface area contributed by atoms with Crippen molar-refractivity contribution in [3.05, 3.63) is 0 Å². The van der Waals surface area contributed by atoms with E-state index in [4.69, 9.17) is 4.89 Å². The summed E-state index contributed by atoms with van der Waals surface area (Å²) in [6.45, 7) is 4.36. The average molecular weight is 199 g/mol. The first-order chi connectivity index (χ1) is 5.18. The van der Waals surface area contributed by atoms with Crippen LogP contribution in [0.3, 0.4) is 0 Å². The van der Waals surface area contributed by atoms with E-state index in [1.807, 2.05) is 0 Å². The minimum atomic E-state index is -2.38. The maximum absolute atomic E-state index is 9.67. The van der Waals surface area contributed by atoms with Gasteiger partial charge in [0.25, 0.3) is 0 Å². The topological polar surface area (TPSA) is 46.5 Å². The Hall–Kier alpha value is 0.370. The zero-order valence-electron chi connectivity index (χ0n) is 7.24. The first-order valence-corrected chi connectivity index (χ1v) is 5.99. The average Bonchev–Trinajstić information content (AvgIpc) is 2.01. The maximum Gasteiger partial charge on any atom is 0.695 e. The summed E-state index contributed by atoms with van der Waals surface area (Å²) in [5, 5.41) is 0. The molecule has 0 aliphatic heterocycles. The molecule has 0 bridgehead atoms. The van der Waals surface area contributed by atoms with Crippen molar-refractivity contribution in [3.63, 3.8) is 0 Å². The van der Waals surface area contributed by atoms with E-state index in [2.05, 4.69) is 18.4 Å². The van der Waals surface area contributed by atoms with Crippen LogP contribution in [0.25, 0.3) is 0 Å². The third-order valence-corrected chi connectivity index (χ3v) is 1.66. The lowest BCUT2D eigenvalue weighted by Crippen LogP contribution is -1.74. The summed E-state index contributed by atoms with van der Waals surface area (Å²) in [5.74, 6) is 0.283. The van der Waals surface area contributed by atoms with Crippen LogP contribution in [0, 0.1) is 0 Å². The summed E-state index contributed by atoms with van der Waals surface area (Å²) in [4.78, 5) is 7.96. The summed E-state index contributed by atoms with van der Waals surface area (Å²) < 4.78 is 13.9. The molecule has 0 aromatic heterocycles. The van der Waals surface area contributed by atoms with Crippen LogP contribution in [-0.4, -0.2) is 17.1 Å². The van der Waals surface area contributed by atoms with Gasteiger partial charge in [0.1, 0.15) is 0 Å². The van der Waals surface area contributed by atoms with Gasteiger partial charge in [-0.05, 0) is 6.26 Å². The van der Waals surface area contributed by atoms with Crippen LogP contribution in [0.2, 0.25) is 0 Å². The number of hydrogen-bond acceptors (Lipinski definition) is 3. The summed E-state index contributed by atoms with van der Waals surface area (Å²) in [6.07, 6.45) is 4.43. The zero-order chi connectivity index (χ0) is 9.11. The Bertz CT molecular complexity index is 87.9. The first-order valence-electron chi connectivity index (χ1n) is 3.46. The highest BCUT2D eigenvalue weighted by Gasteiger charge is 2.08. The van der Waals surface area contributed by atoms with Gasteiger partial charge in [-0.2, -0.15) is 0 Å². The van der Waals surface area contributed by atoms with E-state index in [1.165, 1.54) is 24.6 Å². The van der Waals surface area contributed by atoms with Crippen molar-refractivity contribution in [2.75, 3.05) is 12.2 Å². The van der Waals surface area contributed by atoms with Crippen LogP contribution >= 0.6 is 20.0 Å². The van der Waals surface area contributed by atoms with Crippen LogP contribution in [0.4, 0.5) is 0 Å². The highest BCUT2D eigenvalue weighted by atomic mass is 32.2. The van der Waals surface area contributed by atoms with Gasteiger partial charge in [0, 0.05) is 4.57 Å². The highest BCUT2D eigenvalue weighted by molar-refractivity contribution is 7.98.